The smallest absolute Gasteiger partial charge is 0.256 e. The summed E-state index contributed by atoms with van der Waals surface area (Å²) in [7, 11) is 1.70. The minimum atomic E-state index is -1.27. The summed E-state index contributed by atoms with van der Waals surface area (Å²) in [4.78, 5) is 13.4. The van der Waals surface area contributed by atoms with Gasteiger partial charge in [-0.15, -0.1) is 5.10 Å². The van der Waals surface area contributed by atoms with E-state index in [4.69, 9.17) is 16.3 Å². The fourth-order valence-electron chi connectivity index (χ4n) is 3.81. The molecule has 4 atom stereocenters. The molecule has 0 aliphatic carbocycles. The maximum atomic E-state index is 10.4. The van der Waals surface area contributed by atoms with Crippen molar-refractivity contribution in [2.75, 3.05) is 19.0 Å². The molecule has 12 nitrogen and oxygen atoms in total. The zero-order chi connectivity index (χ0) is 23.1. The monoisotopic (exact) mass is 472 g/mol. The van der Waals surface area contributed by atoms with Crippen molar-refractivity contribution >= 4 is 28.6 Å². The highest BCUT2D eigenvalue weighted by Crippen LogP contribution is 2.32. The first-order chi connectivity index (χ1) is 16.0. The Hall–Kier alpha value is -3.16. The van der Waals surface area contributed by atoms with Crippen LogP contribution in [0.3, 0.4) is 0 Å². The molecule has 3 aromatic heterocycles. The number of aromatic nitrogens is 7. The van der Waals surface area contributed by atoms with Crippen molar-refractivity contribution in [1.29, 1.82) is 0 Å². The number of aliphatic hydroxyl groups is 3. The van der Waals surface area contributed by atoms with Crippen LogP contribution in [0.15, 0.2) is 36.8 Å². The number of nitrogens with zero attached hydrogens (tertiary/aromatic N) is 7. The molecule has 0 amide bonds. The summed E-state index contributed by atoms with van der Waals surface area (Å²) in [5.74, 6) is 0.664. The van der Waals surface area contributed by atoms with Gasteiger partial charge in [-0.05, 0) is 17.7 Å². The minimum absolute atomic E-state index is 0.227. The predicted octanol–water partition coefficient (Wildman–Crippen LogP) is 0.304. The number of aliphatic hydroxyl groups excluding tert-OH is 3. The van der Waals surface area contributed by atoms with E-state index in [1.807, 2.05) is 18.2 Å². The molecule has 4 aromatic rings. The zero-order valence-electron chi connectivity index (χ0n) is 17.4. The van der Waals surface area contributed by atoms with Crippen LogP contribution in [0.5, 0.6) is 0 Å². The normalized spacial score (nSPS) is 22.8. The van der Waals surface area contributed by atoms with E-state index in [1.54, 1.807) is 19.3 Å². The number of rotatable bonds is 6. The number of nitrogens with one attached hydrogen (secondary N) is 1. The van der Waals surface area contributed by atoms with Gasteiger partial charge in [0.2, 0.25) is 0 Å². The molecule has 1 fully saturated rings. The molecule has 0 spiro atoms. The molecule has 0 radical (unpaired) electrons. The zero-order valence-corrected chi connectivity index (χ0v) is 18.2. The molecule has 33 heavy (non-hydrogen) atoms. The average molecular weight is 473 g/mol. The van der Waals surface area contributed by atoms with Gasteiger partial charge in [-0.25, -0.2) is 4.98 Å². The van der Waals surface area contributed by atoms with Crippen molar-refractivity contribution in [2.45, 2.75) is 31.0 Å². The van der Waals surface area contributed by atoms with E-state index in [0.717, 1.165) is 5.56 Å². The third-order valence-electron chi connectivity index (χ3n) is 5.46. The molecule has 0 saturated carbocycles. The Morgan fingerprint density at radius 1 is 1.21 bits per heavy atom. The summed E-state index contributed by atoms with van der Waals surface area (Å²) in [6, 6.07) is 7.49. The highest BCUT2D eigenvalue weighted by Gasteiger charge is 2.44. The van der Waals surface area contributed by atoms with Gasteiger partial charge in [-0.2, -0.15) is 14.6 Å². The fraction of sp³-hybridized carbons (Fsp3) is 0.350. The third-order valence-corrected chi connectivity index (χ3v) is 5.69. The average Bonchev–Trinajstić information content (AvgIpc) is 3.52. The van der Waals surface area contributed by atoms with Gasteiger partial charge in [0, 0.05) is 18.5 Å². The van der Waals surface area contributed by atoms with Crippen LogP contribution in [0.1, 0.15) is 17.5 Å². The van der Waals surface area contributed by atoms with Crippen LogP contribution >= 0.6 is 11.6 Å². The van der Waals surface area contributed by atoms with Gasteiger partial charge in [0.25, 0.3) is 5.95 Å². The van der Waals surface area contributed by atoms with Crippen LogP contribution in [-0.4, -0.2) is 81.8 Å². The van der Waals surface area contributed by atoms with E-state index in [0.29, 0.717) is 34.1 Å². The first kappa shape index (κ1) is 21.7. The molecule has 0 unspecified atom stereocenters. The van der Waals surface area contributed by atoms with E-state index < -0.39 is 31.1 Å². The van der Waals surface area contributed by atoms with Crippen molar-refractivity contribution in [1.82, 2.24) is 34.5 Å². The maximum absolute atomic E-state index is 10.4. The van der Waals surface area contributed by atoms with E-state index >= 15 is 0 Å². The molecule has 4 N–H and O–H groups in total. The van der Waals surface area contributed by atoms with Gasteiger partial charge in [0.15, 0.2) is 23.2 Å². The summed E-state index contributed by atoms with van der Waals surface area (Å²) in [5.41, 5.74) is 2.48. The Bertz CT molecular complexity index is 1290. The Labute approximate surface area is 192 Å². The molecule has 1 saturated heterocycles. The standard InChI is InChI=1S/C20H21ClN8O4/c1-22-17-14-18(28(9-23-14)19-16(32)15(31)13(8-30)33-19)25-20(24-17)29-7-12(26-27-29)6-10-3-2-4-11(21)5-10/h2-5,7,9,13,15-16,19,30-32H,6,8H2,1H3,(H,22,24,25)/t13-,15-,16-,19-/m1/s1. The molecule has 1 aliphatic rings. The number of fused-ring (bicyclic) bond motifs is 1. The molecule has 4 heterocycles. The molecule has 0 bridgehead atoms. The SMILES string of the molecule is CNc1nc(-n2cc(Cc3cccc(Cl)c3)nn2)nc2c1ncn2[C@@H]1O[C@H](CO)[C@@H](O)[C@H]1O. The van der Waals surface area contributed by atoms with Crippen LogP contribution in [0.2, 0.25) is 5.02 Å². The second-order valence-corrected chi connectivity index (χ2v) is 8.07. The molecule has 13 heteroatoms. The van der Waals surface area contributed by atoms with Gasteiger partial charge in [0.1, 0.15) is 18.3 Å². The maximum Gasteiger partial charge on any atom is 0.256 e. The van der Waals surface area contributed by atoms with Crippen LogP contribution in [-0.2, 0) is 11.2 Å². The van der Waals surface area contributed by atoms with E-state index in [-0.39, 0.29) is 5.95 Å². The fourth-order valence-corrected chi connectivity index (χ4v) is 4.02. The van der Waals surface area contributed by atoms with Crippen LogP contribution in [0, 0.1) is 0 Å². The van der Waals surface area contributed by atoms with Crippen LogP contribution in [0.25, 0.3) is 17.1 Å². The second kappa shape index (κ2) is 8.65. The van der Waals surface area contributed by atoms with Crippen molar-refractivity contribution in [2.24, 2.45) is 0 Å². The lowest BCUT2D eigenvalue weighted by atomic mass is 10.1. The van der Waals surface area contributed by atoms with Gasteiger partial charge in [-0.1, -0.05) is 28.9 Å². The number of imidazole rings is 1. The Kier molecular flexibility index (Phi) is 5.68. The summed E-state index contributed by atoms with van der Waals surface area (Å²) >= 11 is 6.06. The van der Waals surface area contributed by atoms with Crippen molar-refractivity contribution in [3.63, 3.8) is 0 Å². The first-order valence-corrected chi connectivity index (χ1v) is 10.6. The first-order valence-electron chi connectivity index (χ1n) is 10.2. The van der Waals surface area contributed by atoms with E-state index in [2.05, 4.69) is 30.6 Å². The van der Waals surface area contributed by atoms with Crippen molar-refractivity contribution < 1.29 is 20.1 Å². The number of benzene rings is 1. The highest BCUT2D eigenvalue weighted by atomic mass is 35.5. The topological polar surface area (TPSA) is 156 Å². The lowest BCUT2D eigenvalue weighted by molar-refractivity contribution is -0.0511. The largest absolute Gasteiger partial charge is 0.394 e. The van der Waals surface area contributed by atoms with E-state index in [9.17, 15) is 15.3 Å². The lowest BCUT2D eigenvalue weighted by Crippen LogP contribution is -2.33. The van der Waals surface area contributed by atoms with Gasteiger partial charge >= 0.3 is 0 Å². The van der Waals surface area contributed by atoms with Crippen LogP contribution in [0.4, 0.5) is 5.82 Å². The highest BCUT2D eigenvalue weighted by molar-refractivity contribution is 6.30. The molecule has 172 valence electrons. The van der Waals surface area contributed by atoms with E-state index in [1.165, 1.54) is 15.6 Å². The number of anilines is 1. The van der Waals surface area contributed by atoms with Gasteiger partial charge in [0.05, 0.1) is 24.8 Å². The van der Waals surface area contributed by atoms with Crippen molar-refractivity contribution in [3.05, 3.63) is 53.1 Å². The van der Waals surface area contributed by atoms with Crippen molar-refractivity contribution in [3.8, 4) is 5.95 Å². The summed E-state index contributed by atoms with van der Waals surface area (Å²) < 4.78 is 8.57. The predicted molar refractivity (Wildman–Crippen MR) is 117 cm³/mol. The molecular formula is C20H21ClN8O4. The van der Waals surface area contributed by atoms with Gasteiger partial charge in [-0.3, -0.25) is 4.57 Å². The number of ether oxygens (including phenoxy) is 1. The van der Waals surface area contributed by atoms with Gasteiger partial charge < -0.3 is 25.4 Å². The summed E-state index contributed by atoms with van der Waals surface area (Å²) in [6.45, 7) is -0.433. The van der Waals surface area contributed by atoms with Crippen LogP contribution < -0.4 is 5.32 Å². The lowest BCUT2D eigenvalue weighted by Gasteiger charge is -2.16. The number of hydrogen-bond donors (Lipinski definition) is 4. The molecule has 1 aliphatic heterocycles. The Balaban J connectivity index is 1.51. The second-order valence-electron chi connectivity index (χ2n) is 7.64. The molecular weight excluding hydrogens is 452 g/mol. The summed E-state index contributed by atoms with van der Waals surface area (Å²) in [5, 5.41) is 41.9. The Morgan fingerprint density at radius 3 is 2.79 bits per heavy atom. The number of halogens is 1. The quantitative estimate of drug-likeness (QED) is 0.308. The summed E-state index contributed by atoms with van der Waals surface area (Å²) in [6.07, 6.45) is -0.730. The Morgan fingerprint density at radius 2 is 2.06 bits per heavy atom. The minimum Gasteiger partial charge on any atom is -0.394 e. The molecule has 5 rings (SSSR count). The molecule has 1 aromatic carbocycles. The number of hydrogen-bond acceptors (Lipinski definition) is 10. The third kappa shape index (κ3) is 3.92.